The van der Waals surface area contributed by atoms with E-state index >= 15 is 0 Å². The molecule has 0 unspecified atom stereocenters. The number of nitrogens with zero attached hydrogens (tertiary/aromatic N) is 1. The van der Waals surface area contributed by atoms with Gasteiger partial charge in [0, 0.05) is 16.0 Å². The number of hydrogen-bond acceptors (Lipinski definition) is 5. The minimum absolute atomic E-state index is 0. The van der Waals surface area contributed by atoms with Crippen molar-refractivity contribution in [2.75, 3.05) is 19.5 Å². The van der Waals surface area contributed by atoms with Gasteiger partial charge in [-0.2, -0.15) is 0 Å². The summed E-state index contributed by atoms with van der Waals surface area (Å²) >= 11 is 1.45. The first-order chi connectivity index (χ1) is 12.1. The van der Waals surface area contributed by atoms with Gasteiger partial charge >= 0.3 is 0 Å². The molecule has 3 rings (SSSR count). The Morgan fingerprint density at radius 2 is 1.73 bits per heavy atom. The minimum Gasteiger partial charge on any atom is -0.493 e. The third-order valence-electron chi connectivity index (χ3n) is 3.71. The lowest BCUT2D eigenvalue weighted by atomic mass is 10.1. The van der Waals surface area contributed by atoms with Crippen molar-refractivity contribution in [3.05, 3.63) is 59.0 Å². The van der Waals surface area contributed by atoms with E-state index in [-0.39, 0.29) is 18.3 Å². The van der Waals surface area contributed by atoms with Gasteiger partial charge in [0.1, 0.15) is 0 Å². The molecule has 1 aromatic heterocycles. The number of aromatic nitrogens is 1. The molecule has 5 nitrogen and oxygen atoms in total. The number of rotatable bonds is 5. The Morgan fingerprint density at radius 3 is 2.38 bits per heavy atom. The highest BCUT2D eigenvalue weighted by Gasteiger charge is 2.15. The molecule has 1 N–H and O–H groups in total. The van der Waals surface area contributed by atoms with Crippen LogP contribution < -0.4 is 14.8 Å². The van der Waals surface area contributed by atoms with Crippen molar-refractivity contribution in [3.63, 3.8) is 0 Å². The third kappa shape index (κ3) is 4.15. The van der Waals surface area contributed by atoms with Crippen molar-refractivity contribution in [2.45, 2.75) is 6.92 Å². The summed E-state index contributed by atoms with van der Waals surface area (Å²) < 4.78 is 10.4. The average molecular weight is 391 g/mol. The number of nitrogens with one attached hydrogen (secondary N) is 1. The van der Waals surface area contributed by atoms with Crippen LogP contribution in [0.4, 0.5) is 5.13 Å². The van der Waals surface area contributed by atoms with E-state index in [0.29, 0.717) is 22.2 Å². The van der Waals surface area contributed by atoms with Crippen molar-refractivity contribution in [1.82, 2.24) is 4.98 Å². The van der Waals surface area contributed by atoms with Crippen LogP contribution in [0.1, 0.15) is 15.2 Å². The van der Waals surface area contributed by atoms with Gasteiger partial charge in [-0.15, -0.1) is 23.7 Å². The fourth-order valence-electron chi connectivity index (χ4n) is 2.46. The Balaban J connectivity index is 0.00000243. The van der Waals surface area contributed by atoms with Crippen LogP contribution in [0.5, 0.6) is 11.5 Å². The molecule has 0 spiro atoms. The van der Waals surface area contributed by atoms with Gasteiger partial charge in [0.15, 0.2) is 16.6 Å². The summed E-state index contributed by atoms with van der Waals surface area (Å²) in [6, 6.07) is 14.9. The Bertz CT molecular complexity index is 897. The molecule has 0 aliphatic heterocycles. The largest absolute Gasteiger partial charge is 0.493 e. The van der Waals surface area contributed by atoms with Crippen LogP contribution >= 0.6 is 23.7 Å². The number of halogens is 1. The van der Waals surface area contributed by atoms with Crippen LogP contribution in [0.15, 0.2) is 48.5 Å². The van der Waals surface area contributed by atoms with Crippen molar-refractivity contribution in [3.8, 4) is 22.8 Å². The first-order valence-electron chi connectivity index (χ1n) is 7.68. The van der Waals surface area contributed by atoms with Crippen LogP contribution in [-0.4, -0.2) is 25.1 Å². The number of hydrogen-bond donors (Lipinski definition) is 1. The van der Waals surface area contributed by atoms with Crippen LogP contribution in [-0.2, 0) is 0 Å². The van der Waals surface area contributed by atoms with Gasteiger partial charge in [0.2, 0.25) is 0 Å². The maximum absolute atomic E-state index is 12.5. The number of anilines is 1. The van der Waals surface area contributed by atoms with Crippen molar-refractivity contribution in [2.24, 2.45) is 0 Å². The summed E-state index contributed by atoms with van der Waals surface area (Å²) in [4.78, 5) is 18.1. The lowest BCUT2D eigenvalue weighted by Crippen LogP contribution is -2.11. The molecule has 0 saturated heterocycles. The lowest BCUT2D eigenvalue weighted by molar-refractivity contribution is 0.102. The van der Waals surface area contributed by atoms with Gasteiger partial charge in [-0.1, -0.05) is 30.3 Å². The number of thiazole rings is 1. The maximum atomic E-state index is 12.5. The van der Waals surface area contributed by atoms with Crippen LogP contribution in [0, 0.1) is 6.92 Å². The summed E-state index contributed by atoms with van der Waals surface area (Å²) in [6.07, 6.45) is 0. The normalized spacial score (nSPS) is 9.96. The quantitative estimate of drug-likeness (QED) is 0.679. The van der Waals surface area contributed by atoms with E-state index in [4.69, 9.17) is 9.47 Å². The Labute approximate surface area is 162 Å². The van der Waals surface area contributed by atoms with E-state index < -0.39 is 0 Å². The van der Waals surface area contributed by atoms with Gasteiger partial charge in [-0.3, -0.25) is 10.1 Å². The molecule has 2 aromatic carbocycles. The smallest absolute Gasteiger partial charge is 0.257 e. The first kappa shape index (κ1) is 19.8. The molecule has 3 aromatic rings. The summed E-state index contributed by atoms with van der Waals surface area (Å²) in [5.41, 5.74) is 2.39. The fraction of sp³-hybridized carbons (Fsp3) is 0.158. The molecular formula is C19H19ClN2O3S. The number of aryl methyl sites for hydroxylation is 1. The number of benzene rings is 2. The number of amides is 1. The van der Waals surface area contributed by atoms with E-state index in [1.807, 2.05) is 37.3 Å². The van der Waals surface area contributed by atoms with E-state index in [2.05, 4.69) is 10.3 Å². The second-order valence-corrected chi connectivity index (χ2v) is 6.52. The molecule has 136 valence electrons. The predicted molar refractivity (Wildman–Crippen MR) is 107 cm³/mol. The molecule has 0 fully saturated rings. The molecule has 0 radical (unpaired) electrons. The summed E-state index contributed by atoms with van der Waals surface area (Å²) in [5.74, 6) is 0.847. The molecule has 0 aliphatic carbocycles. The Morgan fingerprint density at radius 1 is 1.04 bits per heavy atom. The number of carbonyl (C=O) groups is 1. The average Bonchev–Trinajstić information content (AvgIpc) is 3.01. The van der Waals surface area contributed by atoms with E-state index in [1.165, 1.54) is 18.4 Å². The molecule has 26 heavy (non-hydrogen) atoms. The fourth-order valence-corrected chi connectivity index (χ4v) is 3.29. The minimum atomic E-state index is -0.241. The summed E-state index contributed by atoms with van der Waals surface area (Å²) in [7, 11) is 3.09. The molecular weight excluding hydrogens is 372 g/mol. The first-order valence-corrected chi connectivity index (χ1v) is 8.50. The monoisotopic (exact) mass is 390 g/mol. The van der Waals surface area contributed by atoms with Crippen LogP contribution in [0.3, 0.4) is 0 Å². The number of carbonyl (C=O) groups excluding carboxylic acids is 1. The SMILES string of the molecule is COc1ccc(C(=O)Nc2nc(-c3ccccc3)c(C)s2)cc1OC.Cl. The second-order valence-electron chi connectivity index (χ2n) is 5.31. The van der Waals surface area contributed by atoms with E-state index in [9.17, 15) is 4.79 Å². The summed E-state index contributed by atoms with van der Waals surface area (Å²) in [6.45, 7) is 1.99. The van der Waals surface area contributed by atoms with Crippen LogP contribution in [0.25, 0.3) is 11.3 Å². The summed E-state index contributed by atoms with van der Waals surface area (Å²) in [5, 5.41) is 3.42. The highest BCUT2D eigenvalue weighted by atomic mass is 35.5. The second kappa shape index (κ2) is 8.69. The Kier molecular flexibility index (Phi) is 6.60. The standard InChI is InChI=1S/C19H18N2O3S.ClH/c1-12-17(13-7-5-4-6-8-13)20-19(25-12)21-18(22)14-9-10-15(23-2)16(11-14)24-3;/h4-11H,1-3H3,(H,20,21,22);1H. The molecule has 0 bridgehead atoms. The highest BCUT2D eigenvalue weighted by molar-refractivity contribution is 7.16. The molecule has 1 heterocycles. The van der Waals surface area contributed by atoms with Gasteiger partial charge in [0.05, 0.1) is 19.9 Å². The van der Waals surface area contributed by atoms with E-state index in [1.54, 1.807) is 25.3 Å². The van der Waals surface area contributed by atoms with Gasteiger partial charge in [-0.25, -0.2) is 4.98 Å². The highest BCUT2D eigenvalue weighted by Crippen LogP contribution is 2.31. The van der Waals surface area contributed by atoms with E-state index in [0.717, 1.165) is 16.1 Å². The zero-order valence-corrected chi connectivity index (χ0v) is 16.2. The Hall–Kier alpha value is -2.57. The van der Waals surface area contributed by atoms with Crippen LogP contribution in [0.2, 0.25) is 0 Å². The molecule has 1 amide bonds. The van der Waals surface area contributed by atoms with Gasteiger partial charge in [0.25, 0.3) is 5.91 Å². The zero-order chi connectivity index (χ0) is 17.8. The van der Waals surface area contributed by atoms with Gasteiger partial charge < -0.3 is 9.47 Å². The van der Waals surface area contributed by atoms with Crippen molar-refractivity contribution in [1.29, 1.82) is 0 Å². The lowest BCUT2D eigenvalue weighted by Gasteiger charge is -2.09. The molecule has 0 aliphatic rings. The third-order valence-corrected chi connectivity index (χ3v) is 4.60. The predicted octanol–water partition coefficient (Wildman–Crippen LogP) is 4.81. The molecule has 0 saturated carbocycles. The molecule has 7 heteroatoms. The maximum Gasteiger partial charge on any atom is 0.257 e. The molecule has 0 atom stereocenters. The number of methoxy groups -OCH3 is 2. The topological polar surface area (TPSA) is 60.5 Å². The van der Waals surface area contributed by atoms with Gasteiger partial charge in [-0.05, 0) is 25.1 Å². The number of ether oxygens (including phenoxy) is 2. The van der Waals surface area contributed by atoms with Crippen molar-refractivity contribution < 1.29 is 14.3 Å². The van der Waals surface area contributed by atoms with Crippen molar-refractivity contribution >= 4 is 34.8 Å². The zero-order valence-electron chi connectivity index (χ0n) is 14.6.